The molecule has 7 heteroatoms. The quantitative estimate of drug-likeness (QED) is 0.607. The Morgan fingerprint density at radius 3 is 2.63 bits per heavy atom. The van der Waals surface area contributed by atoms with Crippen LogP contribution in [0.2, 0.25) is 0 Å². The van der Waals surface area contributed by atoms with E-state index in [0.29, 0.717) is 46.1 Å². The Bertz CT molecular complexity index is 588. The summed E-state index contributed by atoms with van der Waals surface area (Å²) >= 11 is 0. The second kappa shape index (κ2) is 11.1. The second-order valence-electron chi connectivity index (χ2n) is 6.96. The minimum atomic E-state index is -0.518. The fourth-order valence-corrected chi connectivity index (χ4v) is 3.06. The smallest absolute Gasteiger partial charge is 0.410 e. The van der Waals surface area contributed by atoms with Crippen LogP contribution in [0.1, 0.15) is 18.1 Å². The summed E-state index contributed by atoms with van der Waals surface area (Å²) in [6.07, 6.45) is -0.764. The molecule has 0 aromatic heterocycles. The SMILES string of the molecule is CCOC(=O)N1CC[NH+](C[C@H](O)COCCOc2ccc(C)c(C)c2)CC1. The number of nitrogens with zero attached hydrogens (tertiary/aromatic N) is 1. The van der Waals surface area contributed by atoms with Crippen LogP contribution in [0.25, 0.3) is 0 Å². The van der Waals surface area contributed by atoms with Gasteiger partial charge in [0, 0.05) is 0 Å². The Morgan fingerprint density at radius 1 is 1.22 bits per heavy atom. The number of ether oxygens (including phenoxy) is 3. The van der Waals surface area contributed by atoms with Crippen molar-refractivity contribution in [3.05, 3.63) is 29.3 Å². The predicted octanol–water partition coefficient (Wildman–Crippen LogP) is 0.417. The van der Waals surface area contributed by atoms with Crippen molar-refractivity contribution in [1.29, 1.82) is 0 Å². The third kappa shape index (κ3) is 7.36. The average Bonchev–Trinajstić information content (AvgIpc) is 2.65. The topological polar surface area (TPSA) is 72.7 Å². The average molecular weight is 381 g/mol. The van der Waals surface area contributed by atoms with Crippen LogP contribution in [0.3, 0.4) is 0 Å². The number of aliphatic hydroxyl groups excluding tert-OH is 1. The lowest BCUT2D eigenvalue weighted by atomic mass is 10.1. The first-order chi connectivity index (χ1) is 13.0. The van der Waals surface area contributed by atoms with Gasteiger partial charge in [0.05, 0.1) is 46.0 Å². The number of carbonyl (C=O) groups excluding carboxylic acids is 1. The number of rotatable bonds is 9. The zero-order chi connectivity index (χ0) is 19.6. The zero-order valence-corrected chi connectivity index (χ0v) is 16.7. The van der Waals surface area contributed by atoms with Gasteiger partial charge >= 0.3 is 6.09 Å². The van der Waals surface area contributed by atoms with Crippen molar-refractivity contribution >= 4 is 6.09 Å². The van der Waals surface area contributed by atoms with Crippen LogP contribution < -0.4 is 9.64 Å². The number of benzene rings is 1. The highest BCUT2D eigenvalue weighted by Crippen LogP contribution is 2.16. The predicted molar refractivity (Wildman–Crippen MR) is 102 cm³/mol. The maximum Gasteiger partial charge on any atom is 0.410 e. The summed E-state index contributed by atoms with van der Waals surface area (Å²) in [5.74, 6) is 0.839. The van der Waals surface area contributed by atoms with Crippen LogP contribution in [0, 0.1) is 13.8 Å². The third-order valence-electron chi connectivity index (χ3n) is 4.81. The minimum Gasteiger partial charge on any atom is -0.491 e. The van der Waals surface area contributed by atoms with Crippen molar-refractivity contribution in [2.75, 3.05) is 59.2 Å². The van der Waals surface area contributed by atoms with Crippen molar-refractivity contribution in [2.24, 2.45) is 0 Å². The van der Waals surface area contributed by atoms with E-state index in [9.17, 15) is 9.90 Å². The molecule has 1 atom stereocenters. The van der Waals surface area contributed by atoms with Gasteiger partial charge < -0.3 is 24.2 Å². The highest BCUT2D eigenvalue weighted by Gasteiger charge is 2.25. The number of amides is 1. The Morgan fingerprint density at radius 2 is 1.96 bits per heavy atom. The van der Waals surface area contributed by atoms with E-state index in [0.717, 1.165) is 18.8 Å². The van der Waals surface area contributed by atoms with E-state index in [1.807, 2.05) is 25.1 Å². The molecule has 0 spiro atoms. The van der Waals surface area contributed by atoms with Crippen LogP contribution in [-0.2, 0) is 9.47 Å². The molecule has 0 radical (unpaired) electrons. The van der Waals surface area contributed by atoms with Crippen molar-refractivity contribution in [3.8, 4) is 5.75 Å². The van der Waals surface area contributed by atoms with Crippen LogP contribution in [0.15, 0.2) is 18.2 Å². The van der Waals surface area contributed by atoms with Gasteiger partial charge in [0.25, 0.3) is 0 Å². The minimum absolute atomic E-state index is 0.246. The lowest BCUT2D eigenvalue weighted by Gasteiger charge is -2.32. The van der Waals surface area contributed by atoms with Crippen molar-refractivity contribution in [1.82, 2.24) is 4.90 Å². The Kier molecular flexibility index (Phi) is 8.84. The number of nitrogens with one attached hydrogen (secondary N) is 1. The number of piperazine rings is 1. The molecule has 0 bridgehead atoms. The summed E-state index contributed by atoms with van der Waals surface area (Å²) in [7, 11) is 0. The van der Waals surface area contributed by atoms with Gasteiger partial charge in [-0.1, -0.05) is 6.07 Å². The second-order valence-corrected chi connectivity index (χ2v) is 6.96. The molecule has 2 N–H and O–H groups in total. The summed E-state index contributed by atoms with van der Waals surface area (Å²) in [6.45, 7) is 11.1. The molecule has 1 aromatic rings. The molecule has 7 nitrogen and oxygen atoms in total. The first kappa shape index (κ1) is 21.5. The summed E-state index contributed by atoms with van der Waals surface area (Å²) < 4.78 is 16.2. The van der Waals surface area contributed by atoms with Crippen molar-refractivity contribution in [3.63, 3.8) is 0 Å². The van der Waals surface area contributed by atoms with Crippen LogP contribution in [0.5, 0.6) is 5.75 Å². The molecule has 27 heavy (non-hydrogen) atoms. The molecule has 1 saturated heterocycles. The molecule has 1 fully saturated rings. The molecule has 1 aliphatic rings. The molecule has 1 amide bonds. The van der Waals surface area contributed by atoms with E-state index in [-0.39, 0.29) is 6.09 Å². The van der Waals surface area contributed by atoms with E-state index in [4.69, 9.17) is 14.2 Å². The first-order valence-electron chi connectivity index (χ1n) is 9.70. The number of quaternary nitrogens is 1. The summed E-state index contributed by atoms with van der Waals surface area (Å²) in [5, 5.41) is 10.2. The Labute approximate surface area is 161 Å². The van der Waals surface area contributed by atoms with E-state index in [1.165, 1.54) is 16.0 Å². The molecular formula is C20H33N2O5+. The van der Waals surface area contributed by atoms with E-state index in [1.54, 1.807) is 4.90 Å². The van der Waals surface area contributed by atoms with E-state index >= 15 is 0 Å². The number of hydrogen-bond acceptors (Lipinski definition) is 5. The largest absolute Gasteiger partial charge is 0.491 e. The monoisotopic (exact) mass is 381 g/mol. The van der Waals surface area contributed by atoms with E-state index in [2.05, 4.69) is 13.8 Å². The lowest BCUT2D eigenvalue weighted by molar-refractivity contribution is -0.907. The molecule has 0 saturated carbocycles. The van der Waals surface area contributed by atoms with Gasteiger partial charge in [-0.25, -0.2) is 4.79 Å². The van der Waals surface area contributed by atoms with Gasteiger partial charge in [0.1, 0.15) is 25.0 Å². The maximum atomic E-state index is 11.7. The summed E-state index contributed by atoms with van der Waals surface area (Å²) in [6, 6.07) is 6.01. The van der Waals surface area contributed by atoms with Crippen molar-refractivity contribution < 1.29 is 29.0 Å². The van der Waals surface area contributed by atoms with Crippen LogP contribution >= 0.6 is 0 Å². The summed E-state index contributed by atoms with van der Waals surface area (Å²) in [5.41, 5.74) is 2.45. The zero-order valence-electron chi connectivity index (χ0n) is 16.7. The molecule has 1 heterocycles. The van der Waals surface area contributed by atoms with Crippen LogP contribution in [-0.4, -0.2) is 81.4 Å². The molecule has 0 unspecified atom stereocenters. The number of hydrogen-bond donors (Lipinski definition) is 2. The molecule has 1 aliphatic heterocycles. The fourth-order valence-electron chi connectivity index (χ4n) is 3.06. The molecule has 152 valence electrons. The van der Waals surface area contributed by atoms with Crippen molar-refractivity contribution in [2.45, 2.75) is 26.9 Å². The number of aliphatic hydroxyl groups is 1. The molecule has 0 aliphatic carbocycles. The first-order valence-corrected chi connectivity index (χ1v) is 9.70. The lowest BCUT2D eigenvalue weighted by Crippen LogP contribution is -3.15. The highest BCUT2D eigenvalue weighted by atomic mass is 16.6. The number of aryl methyl sites for hydroxylation is 2. The molecular weight excluding hydrogens is 348 g/mol. The van der Waals surface area contributed by atoms with Gasteiger partial charge in [-0.2, -0.15) is 0 Å². The van der Waals surface area contributed by atoms with Gasteiger partial charge in [0.15, 0.2) is 0 Å². The van der Waals surface area contributed by atoms with Gasteiger partial charge in [0.2, 0.25) is 0 Å². The van der Waals surface area contributed by atoms with Gasteiger partial charge in [-0.05, 0) is 44.0 Å². The van der Waals surface area contributed by atoms with Crippen LogP contribution in [0.4, 0.5) is 4.79 Å². The Hall–Kier alpha value is -1.83. The van der Waals surface area contributed by atoms with Gasteiger partial charge in [-0.15, -0.1) is 0 Å². The maximum absolute atomic E-state index is 11.7. The van der Waals surface area contributed by atoms with Gasteiger partial charge in [-0.3, -0.25) is 4.90 Å². The fraction of sp³-hybridized carbons (Fsp3) is 0.650. The third-order valence-corrected chi connectivity index (χ3v) is 4.81. The molecule has 2 rings (SSSR count). The number of carbonyl (C=O) groups is 1. The molecule has 1 aromatic carbocycles. The van der Waals surface area contributed by atoms with E-state index < -0.39 is 6.10 Å². The summed E-state index contributed by atoms with van der Waals surface area (Å²) in [4.78, 5) is 14.7. The standard InChI is InChI=1S/C20H32N2O5/c1-4-26-20(24)22-9-7-21(8-10-22)14-18(23)15-25-11-12-27-19-6-5-16(2)17(3)13-19/h5-6,13,18,23H,4,7-12,14-15H2,1-3H3/p+1/t18-/m0/s1. The Balaban J connectivity index is 1.55. The normalized spacial score (nSPS) is 16.2. The highest BCUT2D eigenvalue weighted by molar-refractivity contribution is 5.67.